The highest BCUT2D eigenvalue weighted by atomic mass is 35.5. The summed E-state index contributed by atoms with van der Waals surface area (Å²) < 4.78 is 28.5. The number of rotatable bonds is 8. The monoisotopic (exact) mass is 629 g/mol. The van der Waals surface area contributed by atoms with E-state index >= 15 is 0 Å². The number of aromatic nitrogens is 3. The minimum absolute atomic E-state index is 0.0831. The molecule has 0 bridgehead atoms. The summed E-state index contributed by atoms with van der Waals surface area (Å²) in [6.45, 7) is 2.30. The van der Waals surface area contributed by atoms with Crippen molar-refractivity contribution in [2.75, 3.05) is 5.32 Å². The Morgan fingerprint density at radius 2 is 1.75 bits per heavy atom. The van der Waals surface area contributed by atoms with Crippen LogP contribution >= 0.6 is 11.6 Å². The number of fused-ring (bicyclic) bond motifs is 1. The highest BCUT2D eigenvalue weighted by Crippen LogP contribution is 2.38. The molecule has 2 aromatic heterocycles. The Labute approximate surface area is 261 Å². The van der Waals surface area contributed by atoms with Crippen molar-refractivity contribution in [2.45, 2.75) is 55.6 Å². The molecule has 2 atom stereocenters. The summed E-state index contributed by atoms with van der Waals surface area (Å²) >= 11 is 6.63. The van der Waals surface area contributed by atoms with Crippen molar-refractivity contribution >= 4 is 44.6 Å². The first-order valence-corrected chi connectivity index (χ1v) is 16.2. The number of amides is 1. The molecule has 1 saturated carbocycles. The number of hydrogen-bond donors (Lipinski definition) is 2. The normalized spacial score (nSPS) is 18.6. The van der Waals surface area contributed by atoms with E-state index < -0.39 is 21.7 Å². The van der Waals surface area contributed by atoms with Crippen molar-refractivity contribution in [2.24, 2.45) is 0 Å². The number of anilines is 1. The highest BCUT2D eigenvalue weighted by molar-refractivity contribution is 7.90. The molecule has 0 aliphatic heterocycles. The average molecular weight is 630 g/mol. The molecule has 2 N–H and O–H groups in total. The van der Waals surface area contributed by atoms with Gasteiger partial charge in [0.2, 0.25) is 5.95 Å². The van der Waals surface area contributed by atoms with Gasteiger partial charge in [0.05, 0.1) is 27.3 Å². The molecular formula is C33H32ClN5O4S. The topological polar surface area (TPSA) is 117 Å². The largest absolute Gasteiger partial charge is 0.465 e. The molecule has 1 amide bonds. The smallest absolute Gasteiger partial charge is 0.408 e. The molecule has 0 saturated heterocycles. The number of carbonyl (C=O) groups is 1. The number of carboxylic acid groups (broad SMARTS) is 1. The Morgan fingerprint density at radius 1 is 1.07 bits per heavy atom. The molecule has 1 fully saturated rings. The average Bonchev–Trinajstić information content (AvgIpc) is 3.42. The molecule has 5 aromatic rings. The molecule has 11 heteroatoms. The highest BCUT2D eigenvalue weighted by Gasteiger charge is 2.40. The van der Waals surface area contributed by atoms with Crippen molar-refractivity contribution in [1.29, 1.82) is 0 Å². The maximum Gasteiger partial charge on any atom is 0.408 e. The van der Waals surface area contributed by atoms with Gasteiger partial charge in [-0.3, -0.25) is 4.90 Å². The van der Waals surface area contributed by atoms with Crippen molar-refractivity contribution in [1.82, 2.24) is 18.8 Å². The first-order chi connectivity index (χ1) is 21.2. The molecule has 3 aromatic carbocycles. The van der Waals surface area contributed by atoms with Crippen LogP contribution in [-0.4, -0.2) is 50.0 Å². The fraction of sp³-hybridized carbons (Fsp3) is 0.242. The van der Waals surface area contributed by atoms with Crippen molar-refractivity contribution in [3.63, 3.8) is 0 Å². The van der Waals surface area contributed by atoms with Crippen molar-refractivity contribution in [3.8, 4) is 11.3 Å². The van der Waals surface area contributed by atoms with Crippen molar-refractivity contribution < 1.29 is 18.3 Å². The van der Waals surface area contributed by atoms with Gasteiger partial charge in [0.15, 0.2) is 0 Å². The van der Waals surface area contributed by atoms with Crippen LogP contribution in [0.2, 0.25) is 5.02 Å². The Balaban J connectivity index is 1.30. The lowest BCUT2D eigenvalue weighted by Gasteiger charge is -2.45. The Morgan fingerprint density at radius 3 is 2.48 bits per heavy atom. The summed E-state index contributed by atoms with van der Waals surface area (Å²) in [6, 6.07) is 25.0. The van der Waals surface area contributed by atoms with Gasteiger partial charge >= 0.3 is 6.09 Å². The quantitative estimate of drug-likeness (QED) is 0.185. The molecular weight excluding hydrogens is 598 g/mol. The van der Waals surface area contributed by atoms with Crippen LogP contribution in [0.25, 0.3) is 22.2 Å². The lowest BCUT2D eigenvalue weighted by Crippen LogP contribution is -2.53. The van der Waals surface area contributed by atoms with Crippen LogP contribution < -0.4 is 5.32 Å². The fourth-order valence-electron chi connectivity index (χ4n) is 6.14. The van der Waals surface area contributed by atoms with Crippen molar-refractivity contribution in [3.05, 3.63) is 108 Å². The molecule has 2 heterocycles. The predicted octanol–water partition coefficient (Wildman–Crippen LogP) is 7.28. The molecule has 1 aliphatic carbocycles. The standard InChI is InChI=1S/C33H32ClN5O4S/c1-33(38(32(40)41)21-23-11-4-2-5-12-23)18-10-13-24(19-33)36-31-35-20-28(34)30(37-31)27-22-39(29-17-9-8-16-26(27)29)44(42,43)25-14-6-3-7-15-25/h2-9,11-12,14-17,20,22,24H,10,13,18-19,21H2,1H3,(H,40,41)(H,35,36,37)/t24-,33-/m1/s1. The van der Waals surface area contributed by atoms with Gasteiger partial charge < -0.3 is 10.4 Å². The molecule has 226 valence electrons. The summed E-state index contributed by atoms with van der Waals surface area (Å²) in [4.78, 5) is 23.3. The lowest BCUT2D eigenvalue weighted by molar-refractivity contribution is 0.0524. The minimum atomic E-state index is -3.89. The third-order valence-corrected chi connectivity index (χ3v) is 10.3. The number of nitrogens with one attached hydrogen (secondary N) is 1. The SMILES string of the molecule is C[C@@]1(N(Cc2ccccc2)C(=O)O)CCC[C@@H](Nc2ncc(Cl)c(-c3cn(S(=O)(=O)c4ccccc4)c4ccccc34)n2)C1. The Hall–Kier alpha value is -4.41. The van der Waals surface area contributed by atoms with Crippen LogP contribution in [0.4, 0.5) is 10.7 Å². The molecule has 0 radical (unpaired) electrons. The second-order valence-electron chi connectivity index (χ2n) is 11.4. The first-order valence-electron chi connectivity index (χ1n) is 14.4. The van der Waals surface area contributed by atoms with Crippen LogP contribution in [0, 0.1) is 0 Å². The van der Waals surface area contributed by atoms with E-state index in [1.54, 1.807) is 48.7 Å². The maximum atomic E-state index is 13.6. The molecule has 44 heavy (non-hydrogen) atoms. The van der Waals surface area contributed by atoms with Gasteiger partial charge in [-0.05, 0) is 56.4 Å². The van der Waals surface area contributed by atoms with Gasteiger partial charge in [0, 0.05) is 35.3 Å². The minimum Gasteiger partial charge on any atom is -0.465 e. The Kier molecular flexibility index (Phi) is 8.04. The van der Waals surface area contributed by atoms with E-state index in [4.69, 9.17) is 16.6 Å². The second kappa shape index (κ2) is 11.9. The van der Waals surface area contributed by atoms with E-state index in [0.29, 0.717) is 41.1 Å². The van der Waals surface area contributed by atoms with Gasteiger partial charge in [0.25, 0.3) is 10.0 Å². The van der Waals surface area contributed by atoms with Crippen LogP contribution in [0.3, 0.4) is 0 Å². The zero-order valence-electron chi connectivity index (χ0n) is 24.1. The summed E-state index contributed by atoms with van der Waals surface area (Å²) in [5, 5.41) is 14.5. The van der Waals surface area contributed by atoms with E-state index in [9.17, 15) is 18.3 Å². The van der Waals surface area contributed by atoms with E-state index in [-0.39, 0.29) is 16.0 Å². The third kappa shape index (κ3) is 5.75. The lowest BCUT2D eigenvalue weighted by atomic mass is 9.79. The zero-order chi connectivity index (χ0) is 30.9. The number of benzene rings is 3. The second-order valence-corrected chi connectivity index (χ2v) is 13.6. The Bertz CT molecular complexity index is 1920. The number of hydrogen-bond acceptors (Lipinski definition) is 6. The number of halogens is 1. The van der Waals surface area contributed by atoms with Gasteiger partial charge in [-0.25, -0.2) is 27.2 Å². The fourth-order valence-corrected chi connectivity index (χ4v) is 7.72. The number of nitrogens with zero attached hydrogens (tertiary/aromatic N) is 4. The van der Waals surface area contributed by atoms with Crippen LogP contribution in [0.5, 0.6) is 0 Å². The predicted molar refractivity (Wildman–Crippen MR) is 171 cm³/mol. The first kappa shape index (κ1) is 29.7. The van der Waals surface area contributed by atoms with Crippen LogP contribution in [0.15, 0.2) is 102 Å². The van der Waals surface area contributed by atoms with Gasteiger partial charge in [-0.15, -0.1) is 0 Å². The van der Waals surface area contributed by atoms with E-state index in [1.807, 2.05) is 49.4 Å². The molecule has 0 unspecified atom stereocenters. The summed E-state index contributed by atoms with van der Waals surface area (Å²) in [6.07, 6.45) is 5.07. The molecule has 9 nitrogen and oxygen atoms in total. The molecule has 1 aliphatic rings. The van der Waals surface area contributed by atoms with E-state index in [2.05, 4.69) is 10.3 Å². The summed E-state index contributed by atoms with van der Waals surface area (Å²) in [5.41, 5.74) is 1.81. The third-order valence-electron chi connectivity index (χ3n) is 8.33. The van der Waals surface area contributed by atoms with Crippen LogP contribution in [-0.2, 0) is 16.6 Å². The molecule has 6 rings (SSSR count). The van der Waals surface area contributed by atoms with Gasteiger partial charge in [0.1, 0.15) is 0 Å². The summed E-state index contributed by atoms with van der Waals surface area (Å²) in [7, 11) is -3.89. The number of para-hydroxylation sites is 1. The summed E-state index contributed by atoms with van der Waals surface area (Å²) in [5.74, 6) is 0.339. The van der Waals surface area contributed by atoms with E-state index in [1.165, 1.54) is 15.1 Å². The van der Waals surface area contributed by atoms with Gasteiger partial charge in [-0.1, -0.05) is 78.3 Å². The van der Waals surface area contributed by atoms with Crippen LogP contribution in [0.1, 0.15) is 38.2 Å². The van der Waals surface area contributed by atoms with E-state index in [0.717, 1.165) is 24.8 Å². The maximum absolute atomic E-state index is 13.6. The zero-order valence-corrected chi connectivity index (χ0v) is 25.7. The van der Waals surface area contributed by atoms with Gasteiger partial charge in [-0.2, -0.15) is 0 Å². The molecule has 0 spiro atoms.